The fourth-order valence-electron chi connectivity index (χ4n) is 7.18. The van der Waals surface area contributed by atoms with Crippen molar-refractivity contribution >= 4 is 64.6 Å². The monoisotopic (exact) mass is 1880 g/mol. The van der Waals surface area contributed by atoms with Crippen LogP contribution in [-0.4, -0.2) is 0 Å². The third-order valence-electron chi connectivity index (χ3n) is 10.6. The predicted octanol–water partition coefficient (Wildman–Crippen LogP) is 52.9. The van der Waals surface area contributed by atoms with Crippen molar-refractivity contribution in [2.75, 3.05) is 0 Å². The second-order valence-corrected chi connectivity index (χ2v) is 25.1. The highest BCUT2D eigenvalue weighted by Crippen LogP contribution is 2.16. The van der Waals surface area contributed by atoms with Crippen molar-refractivity contribution in [1.29, 1.82) is 0 Å². The van der Waals surface area contributed by atoms with Crippen molar-refractivity contribution in [2.24, 2.45) is 0 Å². The molecule has 0 aliphatic heterocycles. The van der Waals surface area contributed by atoms with E-state index in [4.69, 9.17) is 0 Å². The van der Waals surface area contributed by atoms with Crippen LogP contribution in [0, 0.1) is 0 Å². The Labute approximate surface area is 864 Å². The van der Waals surface area contributed by atoms with Crippen LogP contribution in [-0.2, 0) is 0 Å². The summed E-state index contributed by atoms with van der Waals surface area (Å²) in [6, 6.07) is 112. The smallest absolute Gasteiger partial charge is 0.0184 e. The van der Waals surface area contributed by atoms with Gasteiger partial charge in [0.05, 0.1) is 0 Å². The van der Waals surface area contributed by atoms with Crippen LogP contribution in [0.25, 0.3) is 64.6 Å². The molecule has 0 saturated carbocycles. The van der Waals surface area contributed by atoms with Gasteiger partial charge in [0.1, 0.15) is 0 Å². The fraction of sp³-hybridized carbons (Fsp3) is 0.515. The molecule has 794 valence electrons. The third kappa shape index (κ3) is 175. The first-order valence-corrected chi connectivity index (χ1v) is 56.2. The highest BCUT2D eigenvalue weighted by molar-refractivity contribution is 5.85. The van der Waals surface area contributed by atoms with Crippen LogP contribution in [0.4, 0.5) is 0 Å². The van der Waals surface area contributed by atoms with Gasteiger partial charge in [0.2, 0.25) is 0 Å². The lowest BCUT2D eigenvalue weighted by molar-refractivity contribution is 1.09. The minimum atomic E-state index is 1.25. The Morgan fingerprint density at radius 3 is 0.132 bits per heavy atom. The van der Waals surface area contributed by atoms with E-state index in [0.29, 0.717) is 0 Å². The zero-order chi connectivity index (χ0) is 111. The van der Waals surface area contributed by atoms with Gasteiger partial charge >= 0.3 is 0 Å². The molecule has 13 rings (SSSR count). The molecule has 13 aromatic rings. The molecule has 0 heterocycles. The maximum Gasteiger partial charge on any atom is -0.0184 e. The highest BCUT2D eigenvalue weighted by atomic mass is 14.0. The Morgan fingerprint density at radius 1 is 0.0735 bits per heavy atom. The number of hydrogen-bond donors (Lipinski definition) is 0. The first kappa shape index (κ1) is 183. The second kappa shape index (κ2) is 218. The van der Waals surface area contributed by atoms with Gasteiger partial charge in [0.15, 0.2) is 0 Å². The molecule has 0 saturated heterocycles. The summed E-state index contributed by atoms with van der Waals surface area (Å²) in [5.74, 6) is 0. The van der Waals surface area contributed by atoms with Gasteiger partial charge in [-0.2, -0.15) is 0 Å². The van der Waals surface area contributed by atoms with E-state index >= 15 is 0 Å². The first-order chi connectivity index (χ1) is 66.6. The minimum Gasteiger partial charge on any atom is -0.0683 e. The van der Waals surface area contributed by atoms with E-state index < -0.39 is 0 Å². The molecule has 136 heavy (non-hydrogen) atoms. The quantitative estimate of drug-likeness (QED) is 0.142. The molecule has 0 amide bonds. The SMILES string of the molecule is CC.CC.CC.CC.CC.CC.CC.CC.CC.CC.CC.CC.CC.CC.CCC.CCC.CCC.CCC.CCC.CCC.CCC.CCC.CCC.CCC.CCC.CCC.CCC.CCC.c1ccc2ccccc2c1.c1ccc2ccccc2c1.c1ccc2ccccc2c1.c1ccc2ccccc2c1.c1ccc2ccccc2c1.c1ccc2ccccc2c1.c1ccccc1. The zero-order valence-electron chi connectivity index (χ0n) is 103. The molecule has 0 bridgehead atoms. The summed E-state index contributed by atoms with van der Waals surface area (Å²) < 4.78 is 0. The average Bonchev–Trinajstić information content (AvgIpc) is 0.913. The van der Waals surface area contributed by atoms with E-state index in [-0.39, 0.29) is 0 Å². The van der Waals surface area contributed by atoms with Crippen molar-refractivity contribution in [3.63, 3.8) is 0 Å². The molecule has 0 aliphatic carbocycles. The van der Waals surface area contributed by atoms with E-state index in [9.17, 15) is 0 Å². The van der Waals surface area contributed by atoms with Gasteiger partial charge in [0, 0.05) is 0 Å². The minimum absolute atomic E-state index is 1.25. The van der Waals surface area contributed by atoms with E-state index in [0.717, 1.165) is 0 Å². The van der Waals surface area contributed by atoms with Crippen molar-refractivity contribution in [1.82, 2.24) is 0 Å². The Bertz CT molecular complexity index is 2620. The average molecular weight is 1890 g/mol. The molecular formula is C136H250. The van der Waals surface area contributed by atoms with Gasteiger partial charge in [-0.25, -0.2) is 0 Å². The molecule has 0 spiro atoms. The van der Waals surface area contributed by atoms with Crippen LogP contribution >= 0.6 is 0 Å². The van der Waals surface area contributed by atoms with Crippen LogP contribution in [0.1, 0.15) is 478 Å². The third-order valence-corrected chi connectivity index (χ3v) is 10.6. The van der Waals surface area contributed by atoms with Crippen molar-refractivity contribution in [2.45, 2.75) is 478 Å². The molecular weight excluding hydrogens is 1630 g/mol. The molecule has 0 aliphatic rings. The fourth-order valence-corrected chi connectivity index (χ4v) is 7.18. The van der Waals surface area contributed by atoms with Gasteiger partial charge in [0.25, 0.3) is 0 Å². The van der Waals surface area contributed by atoms with Gasteiger partial charge in [-0.05, 0) is 64.6 Å². The van der Waals surface area contributed by atoms with Gasteiger partial charge in [-0.3, -0.25) is 0 Å². The lowest BCUT2D eigenvalue weighted by Crippen LogP contribution is -1.67. The molecule has 0 atom stereocenters. The van der Waals surface area contributed by atoms with E-state index in [1.54, 1.807) is 0 Å². The Kier molecular flexibility index (Phi) is 294. The summed E-state index contributed by atoms with van der Waals surface area (Å²) in [7, 11) is 0. The van der Waals surface area contributed by atoms with Crippen molar-refractivity contribution in [3.05, 3.63) is 328 Å². The summed E-state index contributed by atoms with van der Waals surface area (Å²) in [4.78, 5) is 0. The summed E-state index contributed by atoms with van der Waals surface area (Å²) in [5, 5.41) is 15.7. The Morgan fingerprint density at radius 2 is 0.103 bits per heavy atom. The summed E-state index contributed by atoms with van der Waals surface area (Å²) >= 11 is 0. The number of fused-ring (bicyclic) bond motifs is 6. The summed E-state index contributed by atoms with van der Waals surface area (Å²) in [6.07, 6.45) is 17.5. The van der Waals surface area contributed by atoms with Crippen LogP contribution in [0.2, 0.25) is 0 Å². The largest absolute Gasteiger partial charge is 0.0683 e. The number of benzene rings is 13. The topological polar surface area (TPSA) is 0 Å². The number of rotatable bonds is 0. The standard InChI is InChI=1S/6C10H8.C6H6.14C3H8.14C2H6/c6*1-2-6-10-8-4-3-7-9(10)5-1;1-2-4-6-5-3-1;14*1-3-2;14*1-2/h6*1-8H;1-6H;14*3H2,1-2H3;14*1-2H3. The molecule has 13 aromatic carbocycles. The van der Waals surface area contributed by atoms with E-state index in [2.05, 4.69) is 485 Å². The summed E-state index contributed by atoms with van der Waals surface area (Å²) in [6.45, 7) is 116. The lowest BCUT2D eigenvalue weighted by atomic mass is 10.1. The van der Waals surface area contributed by atoms with E-state index in [1.165, 1.54) is 155 Å². The maximum absolute atomic E-state index is 2.12. The van der Waals surface area contributed by atoms with Crippen LogP contribution in [0.15, 0.2) is 328 Å². The predicted molar refractivity (Wildman–Crippen MR) is 673 cm³/mol. The first-order valence-electron chi connectivity index (χ1n) is 56.2. The maximum atomic E-state index is 2.12. The number of hydrogen-bond acceptors (Lipinski definition) is 0. The molecule has 0 nitrogen and oxygen atoms in total. The summed E-state index contributed by atoms with van der Waals surface area (Å²) in [5.41, 5.74) is 0. The van der Waals surface area contributed by atoms with Crippen molar-refractivity contribution < 1.29 is 0 Å². The normalized spacial score (nSPS) is 7.24. The zero-order valence-corrected chi connectivity index (χ0v) is 103. The van der Waals surface area contributed by atoms with E-state index in [1.807, 2.05) is 230 Å². The Balaban J connectivity index is -0.0000000504. The van der Waals surface area contributed by atoms with Crippen LogP contribution < -0.4 is 0 Å². The van der Waals surface area contributed by atoms with Crippen molar-refractivity contribution in [3.8, 4) is 0 Å². The molecule has 0 aromatic heterocycles. The van der Waals surface area contributed by atoms with Gasteiger partial charge < -0.3 is 0 Å². The second-order valence-electron chi connectivity index (χ2n) is 25.1. The van der Waals surface area contributed by atoms with Gasteiger partial charge in [-0.1, -0.05) is 805 Å². The van der Waals surface area contributed by atoms with Gasteiger partial charge in [-0.15, -0.1) is 0 Å². The molecule has 0 fully saturated rings. The molecule has 0 unspecified atom stereocenters. The van der Waals surface area contributed by atoms with Crippen LogP contribution in [0.5, 0.6) is 0 Å². The molecule has 0 N–H and O–H groups in total. The van der Waals surface area contributed by atoms with Crippen LogP contribution in [0.3, 0.4) is 0 Å². The lowest BCUT2D eigenvalue weighted by Gasteiger charge is -1.92. The Hall–Kier alpha value is -8.58. The highest BCUT2D eigenvalue weighted by Gasteiger charge is 1.90. The molecule has 0 heteroatoms. The molecule has 0 radical (unpaired) electrons.